The van der Waals surface area contributed by atoms with Gasteiger partial charge < -0.3 is 21.1 Å². The van der Waals surface area contributed by atoms with Gasteiger partial charge in [0.2, 0.25) is 0 Å². The smallest absolute Gasteiger partial charge is 0.269 e. The van der Waals surface area contributed by atoms with Crippen molar-refractivity contribution >= 4 is 45.5 Å². The van der Waals surface area contributed by atoms with E-state index in [1.807, 2.05) is 0 Å². The molecule has 2 rings (SSSR count). The van der Waals surface area contributed by atoms with Gasteiger partial charge in [0, 0.05) is 12.1 Å². The standard InChI is InChI=1S/C12H13ClN4O2S/c1-15-12-17-10(14)9(20-12)11(18)16-7-5-6(13)3-4-8(7)19-2/h3-5H,14H2,1-2H3,(H,15,17)(H,16,18). The number of anilines is 3. The molecule has 0 aliphatic rings. The first-order valence-corrected chi connectivity index (χ1v) is 6.83. The largest absolute Gasteiger partial charge is 0.495 e. The topological polar surface area (TPSA) is 89.3 Å². The molecule has 1 aromatic carbocycles. The summed E-state index contributed by atoms with van der Waals surface area (Å²) in [5, 5.41) is 6.62. The van der Waals surface area contributed by atoms with Gasteiger partial charge in [-0.05, 0) is 18.2 Å². The van der Waals surface area contributed by atoms with Gasteiger partial charge in [-0.1, -0.05) is 22.9 Å². The van der Waals surface area contributed by atoms with Crippen LogP contribution in [0, 0.1) is 0 Å². The van der Waals surface area contributed by atoms with Crippen LogP contribution in [0.15, 0.2) is 18.2 Å². The summed E-state index contributed by atoms with van der Waals surface area (Å²) in [5.41, 5.74) is 6.19. The zero-order valence-electron chi connectivity index (χ0n) is 10.9. The van der Waals surface area contributed by atoms with Crippen LogP contribution in [0.25, 0.3) is 0 Å². The summed E-state index contributed by atoms with van der Waals surface area (Å²) in [6.45, 7) is 0. The van der Waals surface area contributed by atoms with Crippen molar-refractivity contribution in [2.45, 2.75) is 0 Å². The molecule has 106 valence electrons. The molecule has 8 heteroatoms. The molecule has 4 N–H and O–H groups in total. The maximum atomic E-state index is 12.2. The van der Waals surface area contributed by atoms with Crippen molar-refractivity contribution < 1.29 is 9.53 Å². The first-order valence-electron chi connectivity index (χ1n) is 5.64. The summed E-state index contributed by atoms with van der Waals surface area (Å²) in [6.07, 6.45) is 0. The van der Waals surface area contributed by atoms with Crippen molar-refractivity contribution in [1.82, 2.24) is 4.98 Å². The van der Waals surface area contributed by atoms with Crippen LogP contribution < -0.4 is 21.1 Å². The molecule has 0 bridgehead atoms. The minimum absolute atomic E-state index is 0.179. The number of carbonyl (C=O) groups excluding carboxylic acids is 1. The van der Waals surface area contributed by atoms with Gasteiger partial charge in [0.05, 0.1) is 12.8 Å². The van der Waals surface area contributed by atoms with Gasteiger partial charge in [-0.15, -0.1) is 0 Å². The van der Waals surface area contributed by atoms with E-state index in [9.17, 15) is 4.79 Å². The minimum Gasteiger partial charge on any atom is -0.495 e. The first kappa shape index (κ1) is 14.4. The molecule has 6 nitrogen and oxygen atoms in total. The zero-order chi connectivity index (χ0) is 14.7. The molecule has 0 atom stereocenters. The van der Waals surface area contributed by atoms with Crippen molar-refractivity contribution in [2.75, 3.05) is 30.5 Å². The molecule has 20 heavy (non-hydrogen) atoms. The average Bonchev–Trinajstić information content (AvgIpc) is 2.80. The van der Waals surface area contributed by atoms with Gasteiger partial charge >= 0.3 is 0 Å². The molecule has 0 saturated heterocycles. The normalized spacial score (nSPS) is 10.2. The Labute approximate surface area is 124 Å². The van der Waals surface area contributed by atoms with Crippen molar-refractivity contribution in [2.24, 2.45) is 0 Å². The predicted molar refractivity (Wildman–Crippen MR) is 82.0 cm³/mol. The van der Waals surface area contributed by atoms with Crippen LogP contribution in [0.2, 0.25) is 5.02 Å². The highest BCUT2D eigenvalue weighted by atomic mass is 35.5. The SMILES string of the molecule is CNc1nc(N)c(C(=O)Nc2cc(Cl)ccc2OC)s1. The van der Waals surface area contributed by atoms with E-state index in [2.05, 4.69) is 15.6 Å². The fourth-order valence-electron chi connectivity index (χ4n) is 1.56. The van der Waals surface area contributed by atoms with Crippen LogP contribution in [0.3, 0.4) is 0 Å². The van der Waals surface area contributed by atoms with Gasteiger partial charge in [0.1, 0.15) is 16.4 Å². The van der Waals surface area contributed by atoms with Crippen LogP contribution in [0.1, 0.15) is 9.67 Å². The highest BCUT2D eigenvalue weighted by molar-refractivity contribution is 7.18. The lowest BCUT2D eigenvalue weighted by Gasteiger charge is -2.09. The predicted octanol–water partition coefficient (Wildman–Crippen LogP) is 2.68. The van der Waals surface area contributed by atoms with Gasteiger partial charge in [-0.25, -0.2) is 4.98 Å². The van der Waals surface area contributed by atoms with Crippen LogP contribution in [0.4, 0.5) is 16.6 Å². The second-order valence-electron chi connectivity index (χ2n) is 3.78. The summed E-state index contributed by atoms with van der Waals surface area (Å²) in [6, 6.07) is 4.96. The Morgan fingerprint density at radius 1 is 1.50 bits per heavy atom. The lowest BCUT2D eigenvalue weighted by atomic mass is 10.3. The van der Waals surface area contributed by atoms with E-state index in [4.69, 9.17) is 22.1 Å². The molecule has 0 saturated carbocycles. The second kappa shape index (κ2) is 5.98. The number of nitrogens with two attached hydrogens (primary N) is 1. The highest BCUT2D eigenvalue weighted by Crippen LogP contribution is 2.30. The first-order chi connectivity index (χ1) is 9.55. The van der Waals surface area contributed by atoms with Gasteiger partial charge in [-0.2, -0.15) is 0 Å². The van der Waals surface area contributed by atoms with Crippen molar-refractivity contribution in [3.8, 4) is 5.75 Å². The molecule has 1 aromatic heterocycles. The van der Waals surface area contributed by atoms with Crippen LogP contribution in [0.5, 0.6) is 5.75 Å². The number of hydrogen-bond donors (Lipinski definition) is 3. The number of nitrogens with one attached hydrogen (secondary N) is 2. The molecule has 0 aliphatic heterocycles. The molecule has 1 amide bonds. The summed E-state index contributed by atoms with van der Waals surface area (Å²) in [7, 11) is 3.22. The van der Waals surface area contributed by atoms with E-state index in [-0.39, 0.29) is 11.7 Å². The van der Waals surface area contributed by atoms with Gasteiger partial charge in [-0.3, -0.25) is 4.79 Å². The quantitative estimate of drug-likeness (QED) is 0.807. The number of nitrogen functional groups attached to an aromatic ring is 1. The summed E-state index contributed by atoms with van der Waals surface area (Å²) in [5.74, 6) is 0.333. The average molecular weight is 313 g/mol. The third-order valence-corrected chi connectivity index (χ3v) is 3.81. The van der Waals surface area contributed by atoms with E-state index in [0.717, 1.165) is 0 Å². The number of benzene rings is 1. The summed E-state index contributed by atoms with van der Waals surface area (Å²) >= 11 is 7.08. The maximum Gasteiger partial charge on any atom is 0.269 e. The third-order valence-electron chi connectivity index (χ3n) is 2.48. The van der Waals surface area contributed by atoms with E-state index in [1.165, 1.54) is 18.4 Å². The van der Waals surface area contributed by atoms with E-state index >= 15 is 0 Å². The molecule has 2 aromatic rings. The van der Waals surface area contributed by atoms with Crippen molar-refractivity contribution in [3.05, 3.63) is 28.1 Å². The van der Waals surface area contributed by atoms with Crippen molar-refractivity contribution in [1.29, 1.82) is 0 Å². The Bertz CT molecular complexity index is 644. The lowest BCUT2D eigenvalue weighted by molar-refractivity contribution is 0.103. The molecule has 0 fully saturated rings. The minimum atomic E-state index is -0.359. The highest BCUT2D eigenvalue weighted by Gasteiger charge is 2.17. The molecule has 0 unspecified atom stereocenters. The maximum absolute atomic E-state index is 12.2. The number of hydrogen-bond acceptors (Lipinski definition) is 6. The monoisotopic (exact) mass is 312 g/mol. The fraction of sp³-hybridized carbons (Fsp3) is 0.167. The summed E-state index contributed by atoms with van der Waals surface area (Å²) in [4.78, 5) is 16.5. The van der Waals surface area contributed by atoms with E-state index < -0.39 is 0 Å². The molecule has 1 heterocycles. The molecule has 0 spiro atoms. The van der Waals surface area contributed by atoms with E-state index in [0.29, 0.717) is 26.5 Å². The Kier molecular flexibility index (Phi) is 4.31. The Hall–Kier alpha value is -1.99. The molecule has 0 aliphatic carbocycles. The fourth-order valence-corrected chi connectivity index (χ4v) is 2.46. The van der Waals surface area contributed by atoms with Crippen LogP contribution in [-0.2, 0) is 0 Å². The van der Waals surface area contributed by atoms with Gasteiger partial charge in [0.25, 0.3) is 5.91 Å². The number of aromatic nitrogens is 1. The Morgan fingerprint density at radius 2 is 2.25 bits per heavy atom. The van der Waals surface area contributed by atoms with Crippen molar-refractivity contribution in [3.63, 3.8) is 0 Å². The number of halogens is 1. The molecular weight excluding hydrogens is 300 g/mol. The van der Waals surface area contributed by atoms with Crippen LogP contribution in [-0.4, -0.2) is 25.0 Å². The lowest BCUT2D eigenvalue weighted by Crippen LogP contribution is -2.13. The van der Waals surface area contributed by atoms with Gasteiger partial charge in [0.15, 0.2) is 5.13 Å². The zero-order valence-corrected chi connectivity index (χ0v) is 12.4. The van der Waals surface area contributed by atoms with E-state index in [1.54, 1.807) is 25.2 Å². The van der Waals surface area contributed by atoms with Crippen LogP contribution >= 0.6 is 22.9 Å². The third kappa shape index (κ3) is 2.94. The number of rotatable bonds is 4. The number of nitrogens with zero attached hydrogens (tertiary/aromatic N) is 1. The second-order valence-corrected chi connectivity index (χ2v) is 5.22. The summed E-state index contributed by atoms with van der Waals surface area (Å²) < 4.78 is 5.16. The molecule has 0 radical (unpaired) electrons. The Balaban J connectivity index is 2.27. The number of amides is 1. The number of carbonyl (C=O) groups is 1. The Morgan fingerprint density at radius 3 is 2.85 bits per heavy atom. The number of thiazole rings is 1. The number of ether oxygens (including phenoxy) is 1. The number of methoxy groups -OCH3 is 1. The molecular formula is C12H13ClN4O2S.